The van der Waals surface area contributed by atoms with E-state index in [-0.39, 0.29) is 0 Å². The zero-order valence-electron chi connectivity index (χ0n) is 10.9. The van der Waals surface area contributed by atoms with Gasteiger partial charge in [-0.15, -0.1) is 0 Å². The fourth-order valence-electron chi connectivity index (χ4n) is 3.52. The molecule has 1 aromatic heterocycles. The standard InChI is InChI=1S/C14H19N5/c15-9-3-4-10-12(8-9)18-14(16-10)17-11-5-7-19-6-1-2-13(11)19/h3-4,8,11,13H,1-2,5-7,15H2,(H2,16,17,18). The zero-order valence-corrected chi connectivity index (χ0v) is 10.9. The number of aromatic amines is 1. The monoisotopic (exact) mass is 257 g/mol. The molecule has 0 bridgehead atoms. The quantitative estimate of drug-likeness (QED) is 0.717. The van der Waals surface area contributed by atoms with E-state index in [1.165, 1.54) is 32.4 Å². The number of H-pyrrole nitrogens is 1. The van der Waals surface area contributed by atoms with Crippen molar-refractivity contribution in [3.8, 4) is 0 Å². The third kappa shape index (κ3) is 1.85. The van der Waals surface area contributed by atoms with E-state index >= 15 is 0 Å². The molecule has 0 aliphatic carbocycles. The number of anilines is 2. The summed E-state index contributed by atoms with van der Waals surface area (Å²) in [5.41, 5.74) is 8.53. The molecule has 19 heavy (non-hydrogen) atoms. The van der Waals surface area contributed by atoms with Crippen LogP contribution in [0.2, 0.25) is 0 Å². The number of nitrogens with zero attached hydrogens (tertiary/aromatic N) is 2. The minimum atomic E-state index is 0.528. The average Bonchev–Trinajstić information content (AvgIpc) is 3.05. The van der Waals surface area contributed by atoms with Crippen molar-refractivity contribution in [2.75, 3.05) is 24.1 Å². The lowest BCUT2D eigenvalue weighted by molar-refractivity contribution is 0.318. The number of hydrogen-bond acceptors (Lipinski definition) is 4. The Morgan fingerprint density at radius 3 is 3.21 bits per heavy atom. The maximum atomic E-state index is 5.79. The Morgan fingerprint density at radius 2 is 2.26 bits per heavy atom. The van der Waals surface area contributed by atoms with E-state index in [0.717, 1.165) is 22.7 Å². The Hall–Kier alpha value is -1.75. The highest BCUT2D eigenvalue weighted by Crippen LogP contribution is 2.30. The van der Waals surface area contributed by atoms with Crippen LogP contribution in [0.5, 0.6) is 0 Å². The van der Waals surface area contributed by atoms with Gasteiger partial charge in [-0.3, -0.25) is 4.90 Å². The van der Waals surface area contributed by atoms with Gasteiger partial charge in [-0.1, -0.05) is 0 Å². The number of nitrogens with one attached hydrogen (secondary N) is 2. The fourth-order valence-corrected chi connectivity index (χ4v) is 3.52. The van der Waals surface area contributed by atoms with Crippen LogP contribution < -0.4 is 11.1 Å². The van der Waals surface area contributed by atoms with E-state index < -0.39 is 0 Å². The van der Waals surface area contributed by atoms with Crippen LogP contribution in [0.25, 0.3) is 11.0 Å². The first-order valence-electron chi connectivity index (χ1n) is 7.05. The van der Waals surface area contributed by atoms with Crippen molar-refractivity contribution in [3.05, 3.63) is 18.2 Å². The van der Waals surface area contributed by atoms with Crippen molar-refractivity contribution in [1.29, 1.82) is 0 Å². The summed E-state index contributed by atoms with van der Waals surface area (Å²) in [6.45, 7) is 2.48. The normalized spacial score (nSPS) is 26.9. The van der Waals surface area contributed by atoms with Crippen molar-refractivity contribution >= 4 is 22.7 Å². The second kappa shape index (κ2) is 4.13. The highest BCUT2D eigenvalue weighted by molar-refractivity contribution is 5.80. The molecule has 3 heterocycles. The van der Waals surface area contributed by atoms with Gasteiger partial charge in [0, 0.05) is 24.3 Å². The number of benzene rings is 1. The lowest BCUT2D eigenvalue weighted by atomic mass is 10.1. The predicted molar refractivity (Wildman–Crippen MR) is 77.1 cm³/mol. The topological polar surface area (TPSA) is 70.0 Å². The van der Waals surface area contributed by atoms with E-state index in [4.69, 9.17) is 5.73 Å². The predicted octanol–water partition coefficient (Wildman–Crippen LogP) is 1.79. The van der Waals surface area contributed by atoms with Crippen molar-refractivity contribution in [3.63, 3.8) is 0 Å². The number of nitrogen functional groups attached to an aromatic ring is 1. The second-order valence-corrected chi connectivity index (χ2v) is 5.65. The van der Waals surface area contributed by atoms with Crippen LogP contribution in [0.15, 0.2) is 18.2 Å². The molecule has 2 saturated heterocycles. The SMILES string of the molecule is Nc1ccc2nc(NC3CCN4CCCC34)[nH]c2c1. The number of rotatable bonds is 2. The molecule has 1 aromatic carbocycles. The average molecular weight is 257 g/mol. The smallest absolute Gasteiger partial charge is 0.201 e. The van der Waals surface area contributed by atoms with Crippen molar-refractivity contribution in [2.45, 2.75) is 31.3 Å². The molecule has 0 radical (unpaired) electrons. The lowest BCUT2D eigenvalue weighted by Crippen LogP contribution is -2.34. The van der Waals surface area contributed by atoms with E-state index in [1.54, 1.807) is 0 Å². The molecule has 2 fully saturated rings. The maximum absolute atomic E-state index is 5.79. The summed E-state index contributed by atoms with van der Waals surface area (Å²) in [5.74, 6) is 0.874. The van der Waals surface area contributed by atoms with Gasteiger partial charge in [-0.2, -0.15) is 0 Å². The van der Waals surface area contributed by atoms with Crippen molar-refractivity contribution in [1.82, 2.24) is 14.9 Å². The summed E-state index contributed by atoms with van der Waals surface area (Å²) >= 11 is 0. The lowest BCUT2D eigenvalue weighted by Gasteiger charge is -2.20. The first-order chi connectivity index (χ1) is 9.29. The first kappa shape index (κ1) is 11.1. The summed E-state index contributed by atoms with van der Waals surface area (Å²) in [7, 11) is 0. The summed E-state index contributed by atoms with van der Waals surface area (Å²) in [4.78, 5) is 10.5. The molecule has 0 saturated carbocycles. The number of fused-ring (bicyclic) bond motifs is 2. The number of hydrogen-bond donors (Lipinski definition) is 3. The van der Waals surface area contributed by atoms with Gasteiger partial charge in [-0.05, 0) is 44.0 Å². The van der Waals surface area contributed by atoms with Gasteiger partial charge in [0.15, 0.2) is 0 Å². The van der Waals surface area contributed by atoms with Crippen LogP contribution in [0.3, 0.4) is 0 Å². The molecule has 2 aliphatic rings. The van der Waals surface area contributed by atoms with Gasteiger partial charge >= 0.3 is 0 Å². The van der Waals surface area contributed by atoms with E-state index in [1.807, 2.05) is 18.2 Å². The molecule has 2 unspecified atom stereocenters. The van der Waals surface area contributed by atoms with E-state index in [0.29, 0.717) is 12.1 Å². The highest BCUT2D eigenvalue weighted by atomic mass is 15.3. The number of nitrogens with two attached hydrogens (primary N) is 1. The van der Waals surface area contributed by atoms with Gasteiger partial charge in [-0.25, -0.2) is 4.98 Å². The Balaban J connectivity index is 1.58. The highest BCUT2D eigenvalue weighted by Gasteiger charge is 2.37. The van der Waals surface area contributed by atoms with Crippen LogP contribution >= 0.6 is 0 Å². The Kier molecular flexibility index (Phi) is 2.41. The molecule has 2 atom stereocenters. The fraction of sp³-hybridized carbons (Fsp3) is 0.500. The van der Waals surface area contributed by atoms with Crippen molar-refractivity contribution in [2.24, 2.45) is 0 Å². The minimum Gasteiger partial charge on any atom is -0.399 e. The third-order valence-corrected chi connectivity index (χ3v) is 4.43. The van der Waals surface area contributed by atoms with Gasteiger partial charge in [0.05, 0.1) is 11.0 Å². The zero-order chi connectivity index (χ0) is 12.8. The Morgan fingerprint density at radius 1 is 1.32 bits per heavy atom. The molecule has 4 N–H and O–H groups in total. The van der Waals surface area contributed by atoms with Crippen LogP contribution in [-0.2, 0) is 0 Å². The number of aromatic nitrogens is 2. The van der Waals surface area contributed by atoms with E-state index in [9.17, 15) is 0 Å². The minimum absolute atomic E-state index is 0.528. The first-order valence-corrected chi connectivity index (χ1v) is 7.05. The number of imidazole rings is 1. The van der Waals surface area contributed by atoms with E-state index in [2.05, 4.69) is 20.2 Å². The molecular weight excluding hydrogens is 238 g/mol. The molecule has 2 aliphatic heterocycles. The molecule has 5 nitrogen and oxygen atoms in total. The van der Waals surface area contributed by atoms with Crippen LogP contribution in [0.1, 0.15) is 19.3 Å². The molecule has 100 valence electrons. The summed E-state index contributed by atoms with van der Waals surface area (Å²) in [6.07, 6.45) is 3.86. The Labute approximate surface area is 112 Å². The third-order valence-electron chi connectivity index (χ3n) is 4.43. The van der Waals surface area contributed by atoms with Gasteiger partial charge in [0.2, 0.25) is 5.95 Å². The van der Waals surface area contributed by atoms with Crippen LogP contribution in [0.4, 0.5) is 11.6 Å². The molecule has 2 aromatic rings. The van der Waals surface area contributed by atoms with Crippen LogP contribution in [-0.4, -0.2) is 40.0 Å². The van der Waals surface area contributed by atoms with Crippen molar-refractivity contribution < 1.29 is 0 Å². The van der Waals surface area contributed by atoms with Crippen LogP contribution in [0, 0.1) is 0 Å². The summed E-state index contributed by atoms with van der Waals surface area (Å²) < 4.78 is 0. The molecule has 0 spiro atoms. The second-order valence-electron chi connectivity index (χ2n) is 5.65. The van der Waals surface area contributed by atoms with Gasteiger partial charge in [0.25, 0.3) is 0 Å². The molecule has 0 amide bonds. The summed E-state index contributed by atoms with van der Waals surface area (Å²) in [6, 6.07) is 7.01. The van der Waals surface area contributed by atoms with Gasteiger partial charge in [0.1, 0.15) is 0 Å². The summed E-state index contributed by atoms with van der Waals surface area (Å²) in [5, 5.41) is 3.57. The van der Waals surface area contributed by atoms with Gasteiger partial charge < -0.3 is 16.0 Å². The largest absolute Gasteiger partial charge is 0.399 e. The molecule has 4 rings (SSSR count). The molecular formula is C14H19N5. The maximum Gasteiger partial charge on any atom is 0.201 e. The Bertz CT molecular complexity index is 605. The molecule has 5 heteroatoms.